The predicted molar refractivity (Wildman–Crippen MR) is 67.9 cm³/mol. The lowest BCUT2D eigenvalue weighted by molar-refractivity contribution is 0.621. The van der Waals surface area contributed by atoms with Gasteiger partial charge in [-0.2, -0.15) is 0 Å². The zero-order valence-corrected chi connectivity index (χ0v) is 10.3. The molecule has 2 rings (SSSR count). The van der Waals surface area contributed by atoms with Gasteiger partial charge in [-0.3, -0.25) is 9.36 Å². The summed E-state index contributed by atoms with van der Waals surface area (Å²) in [6.45, 7) is 3.72. The highest BCUT2D eigenvalue weighted by molar-refractivity contribution is 5.46. The molecule has 0 saturated carbocycles. The number of rotatable bonds is 2. The third-order valence-corrected chi connectivity index (χ3v) is 2.76. The van der Waals surface area contributed by atoms with E-state index in [4.69, 9.17) is 5.73 Å². The molecule has 0 atom stereocenters. The van der Waals surface area contributed by atoms with Crippen LogP contribution in [0.25, 0.3) is 0 Å². The Morgan fingerprint density at radius 2 is 2.06 bits per heavy atom. The van der Waals surface area contributed by atoms with E-state index in [9.17, 15) is 9.18 Å². The first-order valence-corrected chi connectivity index (χ1v) is 5.56. The fourth-order valence-electron chi connectivity index (χ4n) is 1.84. The molecular formula is C13H14FN3O. The summed E-state index contributed by atoms with van der Waals surface area (Å²) in [5.74, 6) is 0.216. The third kappa shape index (κ3) is 2.40. The van der Waals surface area contributed by atoms with Gasteiger partial charge >= 0.3 is 0 Å². The van der Waals surface area contributed by atoms with Gasteiger partial charge in [0.25, 0.3) is 5.56 Å². The Kier molecular flexibility index (Phi) is 3.14. The Morgan fingerprint density at radius 1 is 1.33 bits per heavy atom. The van der Waals surface area contributed by atoms with E-state index in [2.05, 4.69) is 4.98 Å². The van der Waals surface area contributed by atoms with E-state index in [1.807, 2.05) is 0 Å². The highest BCUT2D eigenvalue weighted by atomic mass is 19.1. The average molecular weight is 247 g/mol. The van der Waals surface area contributed by atoms with Gasteiger partial charge in [0.15, 0.2) is 0 Å². The van der Waals surface area contributed by atoms with Gasteiger partial charge in [0.05, 0.1) is 6.54 Å². The third-order valence-electron chi connectivity index (χ3n) is 2.76. The number of aromatic nitrogens is 2. The molecular weight excluding hydrogens is 233 g/mol. The second kappa shape index (κ2) is 4.60. The van der Waals surface area contributed by atoms with Crippen molar-refractivity contribution in [1.82, 2.24) is 9.55 Å². The summed E-state index contributed by atoms with van der Waals surface area (Å²) in [4.78, 5) is 16.1. The number of hydrogen-bond donors (Lipinski definition) is 1. The van der Waals surface area contributed by atoms with Crippen molar-refractivity contribution < 1.29 is 4.39 Å². The summed E-state index contributed by atoms with van der Waals surface area (Å²) < 4.78 is 14.6. The maximum atomic E-state index is 13.2. The fourth-order valence-corrected chi connectivity index (χ4v) is 1.84. The van der Waals surface area contributed by atoms with Crippen LogP contribution in [0.2, 0.25) is 0 Å². The highest BCUT2D eigenvalue weighted by Crippen LogP contribution is 2.14. The van der Waals surface area contributed by atoms with E-state index in [1.54, 1.807) is 13.8 Å². The largest absolute Gasteiger partial charge is 0.398 e. The summed E-state index contributed by atoms with van der Waals surface area (Å²) in [6.07, 6.45) is 0. The van der Waals surface area contributed by atoms with Crippen LogP contribution in [0.1, 0.15) is 17.1 Å². The van der Waals surface area contributed by atoms with Crippen LogP contribution >= 0.6 is 0 Å². The minimum absolute atomic E-state index is 0.163. The van der Waals surface area contributed by atoms with Crippen molar-refractivity contribution in [3.8, 4) is 0 Å². The Hall–Kier alpha value is -2.17. The molecule has 0 radical (unpaired) electrons. The van der Waals surface area contributed by atoms with Gasteiger partial charge in [-0.15, -0.1) is 0 Å². The van der Waals surface area contributed by atoms with Crippen LogP contribution in [0, 0.1) is 19.7 Å². The van der Waals surface area contributed by atoms with Gasteiger partial charge in [0.1, 0.15) is 11.6 Å². The molecule has 0 aliphatic heterocycles. The van der Waals surface area contributed by atoms with Crippen molar-refractivity contribution in [3.05, 3.63) is 57.5 Å². The Morgan fingerprint density at radius 3 is 2.72 bits per heavy atom. The number of benzene rings is 1. The number of nitrogens with two attached hydrogens (primary N) is 1. The predicted octanol–water partition coefficient (Wildman–Crippen LogP) is 1.63. The standard InChI is InChI=1S/C13H14FN3O/c1-8-5-13(18)17(9(2)16-8)7-10-6-11(14)3-4-12(10)15/h3-6H,7,15H2,1-2H3. The van der Waals surface area contributed by atoms with Gasteiger partial charge < -0.3 is 5.73 Å². The lowest BCUT2D eigenvalue weighted by Crippen LogP contribution is -2.24. The summed E-state index contributed by atoms with van der Waals surface area (Å²) >= 11 is 0. The molecule has 0 saturated heterocycles. The lowest BCUT2D eigenvalue weighted by Gasteiger charge is -2.11. The molecule has 0 spiro atoms. The van der Waals surface area contributed by atoms with Gasteiger partial charge in [-0.1, -0.05) is 0 Å². The van der Waals surface area contributed by atoms with E-state index < -0.39 is 0 Å². The van der Waals surface area contributed by atoms with E-state index >= 15 is 0 Å². The van der Waals surface area contributed by atoms with Crippen molar-refractivity contribution in [2.45, 2.75) is 20.4 Å². The van der Waals surface area contributed by atoms with Crippen LogP contribution in [0.3, 0.4) is 0 Å². The molecule has 0 aliphatic rings. The van der Waals surface area contributed by atoms with Gasteiger partial charge in [0, 0.05) is 17.4 Å². The number of hydrogen-bond acceptors (Lipinski definition) is 3. The van der Waals surface area contributed by atoms with Crippen molar-refractivity contribution in [3.63, 3.8) is 0 Å². The number of anilines is 1. The SMILES string of the molecule is Cc1cc(=O)n(Cc2cc(F)ccc2N)c(C)n1. The van der Waals surface area contributed by atoms with Gasteiger partial charge in [-0.05, 0) is 37.6 Å². The van der Waals surface area contributed by atoms with Crippen LogP contribution < -0.4 is 11.3 Å². The minimum atomic E-state index is -0.370. The van der Waals surface area contributed by atoms with E-state index in [0.717, 1.165) is 0 Å². The van der Waals surface area contributed by atoms with E-state index in [0.29, 0.717) is 22.8 Å². The van der Waals surface area contributed by atoms with Crippen LogP contribution in [-0.4, -0.2) is 9.55 Å². The first-order valence-electron chi connectivity index (χ1n) is 5.56. The fraction of sp³-hybridized carbons (Fsp3) is 0.231. The molecule has 0 unspecified atom stereocenters. The molecule has 0 bridgehead atoms. The van der Waals surface area contributed by atoms with Crippen molar-refractivity contribution in [2.24, 2.45) is 0 Å². The highest BCUT2D eigenvalue weighted by Gasteiger charge is 2.07. The molecule has 1 aromatic carbocycles. The quantitative estimate of drug-likeness (QED) is 0.820. The Bertz CT molecular complexity index is 649. The second-order valence-electron chi connectivity index (χ2n) is 4.21. The molecule has 0 fully saturated rings. The molecule has 2 aromatic rings. The van der Waals surface area contributed by atoms with Gasteiger partial charge in [-0.25, -0.2) is 9.37 Å². The zero-order chi connectivity index (χ0) is 13.3. The summed E-state index contributed by atoms with van der Waals surface area (Å²) in [5, 5.41) is 0. The maximum absolute atomic E-state index is 13.2. The molecule has 2 N–H and O–H groups in total. The molecule has 18 heavy (non-hydrogen) atoms. The normalized spacial score (nSPS) is 10.6. The van der Waals surface area contributed by atoms with Crippen LogP contribution in [0.15, 0.2) is 29.1 Å². The van der Waals surface area contributed by atoms with Crippen molar-refractivity contribution in [2.75, 3.05) is 5.73 Å². The van der Waals surface area contributed by atoms with Crippen LogP contribution in [0.5, 0.6) is 0 Å². The molecule has 0 aliphatic carbocycles. The molecule has 4 nitrogen and oxygen atoms in total. The summed E-state index contributed by atoms with van der Waals surface area (Å²) in [5.41, 5.74) is 7.31. The second-order valence-corrected chi connectivity index (χ2v) is 4.21. The van der Waals surface area contributed by atoms with E-state index in [-0.39, 0.29) is 17.9 Å². The summed E-state index contributed by atoms with van der Waals surface area (Å²) in [7, 11) is 0. The number of halogens is 1. The minimum Gasteiger partial charge on any atom is -0.398 e. The van der Waals surface area contributed by atoms with E-state index in [1.165, 1.54) is 28.8 Å². The number of aryl methyl sites for hydroxylation is 2. The van der Waals surface area contributed by atoms with Gasteiger partial charge in [0.2, 0.25) is 0 Å². The maximum Gasteiger partial charge on any atom is 0.254 e. The Labute approximate surface area is 104 Å². The van der Waals surface area contributed by atoms with Crippen LogP contribution in [0.4, 0.5) is 10.1 Å². The average Bonchev–Trinajstić information content (AvgIpc) is 2.28. The number of nitrogen functional groups attached to an aromatic ring is 1. The topological polar surface area (TPSA) is 60.9 Å². The molecule has 0 amide bonds. The summed E-state index contributed by atoms with van der Waals surface area (Å²) in [6, 6.07) is 5.57. The smallest absolute Gasteiger partial charge is 0.254 e. The first kappa shape index (κ1) is 12.3. The molecule has 1 heterocycles. The van der Waals surface area contributed by atoms with Crippen molar-refractivity contribution >= 4 is 5.69 Å². The molecule has 1 aromatic heterocycles. The Balaban J connectivity index is 2.46. The molecule has 5 heteroatoms. The zero-order valence-electron chi connectivity index (χ0n) is 10.3. The monoisotopic (exact) mass is 247 g/mol. The molecule has 94 valence electrons. The lowest BCUT2D eigenvalue weighted by atomic mass is 10.1. The van der Waals surface area contributed by atoms with Crippen molar-refractivity contribution in [1.29, 1.82) is 0 Å². The number of nitrogens with zero attached hydrogens (tertiary/aromatic N) is 2. The first-order chi connectivity index (χ1) is 8.47. The van der Waals surface area contributed by atoms with Crippen LogP contribution in [-0.2, 0) is 6.54 Å².